The van der Waals surface area contributed by atoms with E-state index < -0.39 is 10.0 Å². The van der Waals surface area contributed by atoms with Gasteiger partial charge in [0.15, 0.2) is 17.0 Å². The average molecular weight is 416 g/mol. The molecule has 14 heteroatoms. The first-order chi connectivity index (χ1) is 13.3. The Kier molecular flexibility index (Phi) is 4.14. The van der Waals surface area contributed by atoms with Gasteiger partial charge in [-0.25, -0.2) is 13.6 Å². The van der Waals surface area contributed by atoms with Gasteiger partial charge in [-0.2, -0.15) is 28.7 Å². The van der Waals surface area contributed by atoms with Crippen molar-refractivity contribution in [1.29, 1.82) is 5.26 Å². The third-order valence-corrected chi connectivity index (χ3v) is 5.63. The number of fused-ring (bicyclic) bond motifs is 2. The monoisotopic (exact) mass is 416 g/mol. The van der Waals surface area contributed by atoms with E-state index in [0.29, 0.717) is 29.0 Å². The van der Waals surface area contributed by atoms with Crippen LogP contribution in [-0.2, 0) is 16.4 Å². The molecule has 0 aliphatic carbocycles. The first-order valence-corrected chi connectivity index (χ1v) is 10.2. The summed E-state index contributed by atoms with van der Waals surface area (Å²) >= 11 is 0.920. The van der Waals surface area contributed by atoms with Crippen molar-refractivity contribution in [1.82, 2.24) is 28.6 Å². The van der Waals surface area contributed by atoms with Crippen LogP contribution in [0.1, 0.15) is 24.0 Å². The fourth-order valence-electron chi connectivity index (χ4n) is 2.81. The van der Waals surface area contributed by atoms with Gasteiger partial charge in [-0.05, 0) is 25.0 Å². The predicted molar refractivity (Wildman–Crippen MR) is 99.1 cm³/mol. The SMILES string of the molecule is CCc1cc2nsnc2c(/N=N/c2c(C#N)nn3c(C)n[nH]c23)c1S(N)(=O)=O. The number of aromatic nitrogens is 6. The van der Waals surface area contributed by atoms with Crippen LogP contribution in [0.3, 0.4) is 0 Å². The summed E-state index contributed by atoms with van der Waals surface area (Å²) < 4.78 is 34.2. The van der Waals surface area contributed by atoms with Crippen LogP contribution >= 0.6 is 11.7 Å². The normalized spacial score (nSPS) is 12.4. The molecule has 12 nitrogen and oxygen atoms in total. The highest BCUT2D eigenvalue weighted by atomic mass is 32.2. The van der Waals surface area contributed by atoms with Gasteiger partial charge in [0.2, 0.25) is 10.0 Å². The summed E-state index contributed by atoms with van der Waals surface area (Å²) in [4.78, 5) is -0.165. The minimum atomic E-state index is -4.11. The quantitative estimate of drug-likeness (QED) is 0.476. The Balaban J connectivity index is 2.01. The molecule has 0 spiro atoms. The minimum Gasteiger partial charge on any atom is -0.258 e. The molecule has 3 aromatic heterocycles. The number of azo groups is 1. The zero-order chi connectivity index (χ0) is 20.1. The molecule has 3 N–H and O–H groups in total. The smallest absolute Gasteiger partial charge is 0.240 e. The van der Waals surface area contributed by atoms with Crippen molar-refractivity contribution in [3.05, 3.63) is 23.1 Å². The van der Waals surface area contributed by atoms with E-state index >= 15 is 0 Å². The topological polar surface area (TPSA) is 180 Å². The third kappa shape index (κ3) is 2.72. The Morgan fingerprint density at radius 3 is 2.79 bits per heavy atom. The lowest BCUT2D eigenvalue weighted by Gasteiger charge is -2.08. The predicted octanol–water partition coefficient (Wildman–Crippen LogP) is 1.87. The maximum absolute atomic E-state index is 12.2. The molecule has 0 saturated heterocycles. The summed E-state index contributed by atoms with van der Waals surface area (Å²) in [5.74, 6) is 0.525. The standard InChI is InChI=1S/C14H12N10O2S2/c1-3-7-4-8-10(23-27-22-8)12(13(7)28(16,25)26)19-18-11-9(5-15)21-24-6(2)17-20-14(11)24/h4,20H,3H2,1-2H3,(H2,16,25,26)/b19-18+. The molecule has 28 heavy (non-hydrogen) atoms. The van der Waals surface area contributed by atoms with E-state index in [4.69, 9.17) is 5.14 Å². The van der Waals surface area contributed by atoms with Gasteiger partial charge in [-0.3, -0.25) is 5.10 Å². The van der Waals surface area contributed by atoms with E-state index in [-0.39, 0.29) is 27.5 Å². The molecular weight excluding hydrogens is 404 g/mol. The van der Waals surface area contributed by atoms with E-state index in [1.807, 2.05) is 6.07 Å². The van der Waals surface area contributed by atoms with Crippen LogP contribution in [-0.4, -0.2) is 37.0 Å². The number of aryl methyl sites for hydroxylation is 2. The van der Waals surface area contributed by atoms with Crippen LogP contribution in [0.25, 0.3) is 16.7 Å². The summed E-state index contributed by atoms with van der Waals surface area (Å²) in [5, 5.41) is 33.8. The number of H-pyrrole nitrogens is 1. The Morgan fingerprint density at radius 2 is 2.11 bits per heavy atom. The van der Waals surface area contributed by atoms with E-state index in [0.717, 1.165) is 11.7 Å². The highest BCUT2D eigenvalue weighted by molar-refractivity contribution is 7.89. The van der Waals surface area contributed by atoms with Crippen LogP contribution in [0.2, 0.25) is 0 Å². The molecule has 0 aliphatic rings. The lowest BCUT2D eigenvalue weighted by atomic mass is 10.1. The Morgan fingerprint density at radius 1 is 1.36 bits per heavy atom. The number of primary sulfonamides is 1. The van der Waals surface area contributed by atoms with Gasteiger partial charge in [0.1, 0.15) is 33.5 Å². The van der Waals surface area contributed by atoms with Crippen molar-refractivity contribution >= 4 is 49.8 Å². The molecule has 0 unspecified atom stereocenters. The highest BCUT2D eigenvalue weighted by Gasteiger charge is 2.24. The average Bonchev–Trinajstić information content (AvgIpc) is 3.34. The van der Waals surface area contributed by atoms with Crippen molar-refractivity contribution in [2.45, 2.75) is 25.2 Å². The van der Waals surface area contributed by atoms with Gasteiger partial charge in [0, 0.05) is 0 Å². The third-order valence-electron chi connectivity index (χ3n) is 4.07. The van der Waals surface area contributed by atoms with E-state index in [1.165, 1.54) is 4.52 Å². The van der Waals surface area contributed by atoms with Gasteiger partial charge < -0.3 is 0 Å². The molecule has 0 saturated carbocycles. The van der Waals surface area contributed by atoms with Crippen LogP contribution < -0.4 is 5.14 Å². The maximum atomic E-state index is 12.2. The zero-order valence-electron chi connectivity index (χ0n) is 14.6. The van der Waals surface area contributed by atoms with E-state index in [9.17, 15) is 13.7 Å². The molecule has 0 atom stereocenters. The molecule has 0 aliphatic heterocycles. The summed E-state index contributed by atoms with van der Waals surface area (Å²) in [5.41, 5.74) is 1.67. The van der Waals surface area contributed by atoms with E-state index in [2.05, 4.69) is 34.3 Å². The van der Waals surface area contributed by atoms with Crippen LogP contribution in [0, 0.1) is 18.3 Å². The molecular formula is C14H12N10O2S2. The maximum Gasteiger partial charge on any atom is 0.240 e. The molecule has 142 valence electrons. The summed E-state index contributed by atoms with van der Waals surface area (Å²) in [6, 6.07) is 3.55. The number of hydrogen-bond acceptors (Lipinski definition) is 10. The van der Waals surface area contributed by atoms with Gasteiger partial charge in [-0.15, -0.1) is 10.2 Å². The lowest BCUT2D eigenvalue weighted by molar-refractivity contribution is 0.597. The van der Waals surface area contributed by atoms with Crippen molar-refractivity contribution in [2.24, 2.45) is 15.4 Å². The lowest BCUT2D eigenvalue weighted by Crippen LogP contribution is -2.15. The molecule has 0 bridgehead atoms. The summed E-state index contributed by atoms with van der Waals surface area (Å²) in [6.45, 7) is 3.49. The largest absolute Gasteiger partial charge is 0.258 e. The summed E-state index contributed by atoms with van der Waals surface area (Å²) in [7, 11) is -4.11. The van der Waals surface area contributed by atoms with Crippen molar-refractivity contribution in [2.75, 3.05) is 0 Å². The molecule has 4 rings (SSSR count). The zero-order valence-corrected chi connectivity index (χ0v) is 16.2. The number of nitriles is 1. The number of sulfonamides is 1. The van der Waals surface area contributed by atoms with Crippen LogP contribution in [0.4, 0.5) is 11.4 Å². The van der Waals surface area contributed by atoms with Gasteiger partial charge in [-0.1, -0.05) is 6.92 Å². The number of aromatic amines is 1. The molecule has 0 radical (unpaired) electrons. The number of benzene rings is 1. The molecule has 4 aromatic rings. The minimum absolute atomic E-state index is 0.0111. The Labute approximate surface area is 162 Å². The number of rotatable bonds is 4. The second kappa shape index (κ2) is 6.41. The molecule has 3 heterocycles. The number of nitrogens with zero attached hydrogens (tertiary/aromatic N) is 8. The molecule has 0 amide bonds. The van der Waals surface area contributed by atoms with Gasteiger partial charge in [0.25, 0.3) is 0 Å². The number of nitrogens with two attached hydrogens (primary N) is 1. The van der Waals surface area contributed by atoms with Crippen LogP contribution in [0.5, 0.6) is 0 Å². The highest BCUT2D eigenvalue weighted by Crippen LogP contribution is 2.37. The van der Waals surface area contributed by atoms with Crippen molar-refractivity contribution < 1.29 is 8.42 Å². The first kappa shape index (κ1) is 18.1. The Bertz CT molecular complexity index is 1400. The fourth-order valence-corrected chi connectivity index (χ4v) is 4.32. The van der Waals surface area contributed by atoms with Crippen LogP contribution in [0.15, 0.2) is 21.2 Å². The number of nitrogens with one attached hydrogen (secondary N) is 1. The second-order valence-corrected chi connectivity index (χ2v) is 7.81. The van der Waals surface area contributed by atoms with Gasteiger partial charge >= 0.3 is 0 Å². The Hall–Kier alpha value is -3.28. The van der Waals surface area contributed by atoms with Gasteiger partial charge in [0.05, 0.1) is 11.7 Å². The molecule has 0 fully saturated rings. The second-order valence-electron chi connectivity index (χ2n) is 5.78. The van der Waals surface area contributed by atoms with Crippen molar-refractivity contribution in [3.63, 3.8) is 0 Å². The molecule has 1 aromatic carbocycles. The number of hydrogen-bond donors (Lipinski definition) is 2. The first-order valence-electron chi connectivity index (χ1n) is 7.91. The van der Waals surface area contributed by atoms with E-state index in [1.54, 1.807) is 19.9 Å². The summed E-state index contributed by atoms with van der Waals surface area (Å²) in [6.07, 6.45) is 0.392. The fraction of sp³-hybridized carbons (Fsp3) is 0.214. The van der Waals surface area contributed by atoms with Crippen molar-refractivity contribution in [3.8, 4) is 6.07 Å².